The van der Waals surface area contributed by atoms with E-state index in [1.54, 1.807) is 0 Å². The zero-order valence-electron chi connectivity index (χ0n) is 13.5. The van der Waals surface area contributed by atoms with Gasteiger partial charge in [-0.2, -0.15) is 0 Å². The predicted octanol–water partition coefficient (Wildman–Crippen LogP) is 3.23. The highest BCUT2D eigenvalue weighted by atomic mass is 16.5. The normalized spacial score (nSPS) is 30.6. The third kappa shape index (κ3) is 4.73. The summed E-state index contributed by atoms with van der Waals surface area (Å²) in [5.74, 6) is 0.634. The van der Waals surface area contributed by atoms with Crippen LogP contribution >= 0.6 is 0 Å². The van der Waals surface area contributed by atoms with Crippen molar-refractivity contribution < 1.29 is 9.47 Å². The first-order valence-electron chi connectivity index (χ1n) is 7.97. The van der Waals surface area contributed by atoms with E-state index in [0.717, 1.165) is 39.2 Å². The smallest absolute Gasteiger partial charge is 0.0658 e. The Labute approximate surface area is 119 Å². The zero-order valence-corrected chi connectivity index (χ0v) is 13.5. The van der Waals surface area contributed by atoms with E-state index in [9.17, 15) is 0 Å². The minimum absolute atomic E-state index is 0.314. The molecule has 1 fully saturated rings. The minimum atomic E-state index is 0.314. The van der Waals surface area contributed by atoms with Gasteiger partial charge in [-0.3, -0.25) is 0 Å². The van der Waals surface area contributed by atoms with Crippen LogP contribution in [0.2, 0.25) is 0 Å². The van der Waals surface area contributed by atoms with Gasteiger partial charge in [0.1, 0.15) is 0 Å². The maximum Gasteiger partial charge on any atom is 0.0658 e. The van der Waals surface area contributed by atoms with Gasteiger partial charge in [0.2, 0.25) is 0 Å². The monoisotopic (exact) mass is 271 g/mol. The number of ether oxygens (including phenoxy) is 2. The molecule has 1 N–H and O–H groups in total. The Kier molecular flexibility index (Phi) is 7.33. The van der Waals surface area contributed by atoms with E-state index in [1.165, 1.54) is 6.42 Å². The van der Waals surface area contributed by atoms with Crippen LogP contribution in [0.15, 0.2) is 0 Å². The van der Waals surface area contributed by atoms with Gasteiger partial charge >= 0.3 is 0 Å². The third-order valence-electron chi connectivity index (χ3n) is 4.42. The van der Waals surface area contributed by atoms with Crippen LogP contribution < -0.4 is 5.32 Å². The lowest BCUT2D eigenvalue weighted by molar-refractivity contribution is -0.125. The van der Waals surface area contributed by atoms with Crippen molar-refractivity contribution in [2.75, 3.05) is 26.4 Å². The quantitative estimate of drug-likeness (QED) is 0.619. The average molecular weight is 271 g/mol. The molecule has 1 saturated carbocycles. The fourth-order valence-corrected chi connectivity index (χ4v) is 2.84. The molecule has 0 radical (unpaired) electrons. The van der Waals surface area contributed by atoms with Gasteiger partial charge in [-0.1, -0.05) is 27.7 Å². The fraction of sp³-hybridized carbons (Fsp3) is 1.00. The van der Waals surface area contributed by atoms with Crippen molar-refractivity contribution in [2.24, 2.45) is 11.3 Å². The zero-order chi connectivity index (χ0) is 14.3. The second-order valence-corrected chi connectivity index (χ2v) is 6.37. The van der Waals surface area contributed by atoms with Gasteiger partial charge in [0.25, 0.3) is 0 Å². The van der Waals surface area contributed by atoms with E-state index in [2.05, 4.69) is 39.9 Å². The first kappa shape index (κ1) is 16.9. The summed E-state index contributed by atoms with van der Waals surface area (Å²) in [5, 5.41) is 3.68. The van der Waals surface area contributed by atoms with Crippen molar-refractivity contribution >= 4 is 0 Å². The molecule has 0 spiro atoms. The number of rotatable bonds is 10. The molecule has 0 heterocycles. The molecule has 114 valence electrons. The summed E-state index contributed by atoms with van der Waals surface area (Å²) in [6.45, 7) is 14.7. The van der Waals surface area contributed by atoms with Gasteiger partial charge in [0.15, 0.2) is 0 Å². The van der Waals surface area contributed by atoms with E-state index >= 15 is 0 Å². The molecule has 0 aromatic rings. The van der Waals surface area contributed by atoms with Crippen molar-refractivity contribution in [1.29, 1.82) is 0 Å². The van der Waals surface area contributed by atoms with E-state index in [1.807, 2.05) is 0 Å². The number of hydrogen-bond acceptors (Lipinski definition) is 3. The second-order valence-electron chi connectivity index (χ2n) is 6.37. The first-order chi connectivity index (χ1) is 9.04. The molecule has 1 aliphatic carbocycles. The molecular formula is C16H33NO2. The van der Waals surface area contributed by atoms with Gasteiger partial charge < -0.3 is 14.8 Å². The van der Waals surface area contributed by atoms with Crippen LogP contribution in [0.5, 0.6) is 0 Å². The Morgan fingerprint density at radius 3 is 2.63 bits per heavy atom. The maximum atomic E-state index is 5.82. The molecule has 19 heavy (non-hydrogen) atoms. The molecule has 0 amide bonds. The van der Waals surface area contributed by atoms with Crippen LogP contribution in [0.3, 0.4) is 0 Å². The molecule has 3 heteroatoms. The molecule has 1 rings (SSSR count). The van der Waals surface area contributed by atoms with Crippen LogP contribution in [-0.2, 0) is 9.47 Å². The number of nitrogens with one attached hydrogen (secondary N) is 1. The van der Waals surface area contributed by atoms with E-state index < -0.39 is 0 Å². The Bertz CT molecular complexity index is 245. The van der Waals surface area contributed by atoms with Gasteiger partial charge in [0, 0.05) is 31.3 Å². The van der Waals surface area contributed by atoms with Crippen molar-refractivity contribution in [3.63, 3.8) is 0 Å². The molecular weight excluding hydrogens is 238 g/mol. The molecule has 3 atom stereocenters. The summed E-state index contributed by atoms with van der Waals surface area (Å²) >= 11 is 0. The summed E-state index contributed by atoms with van der Waals surface area (Å²) in [4.78, 5) is 0. The maximum absolute atomic E-state index is 5.82. The Morgan fingerprint density at radius 1 is 1.32 bits per heavy atom. The molecule has 0 aromatic heterocycles. The topological polar surface area (TPSA) is 30.5 Å². The van der Waals surface area contributed by atoms with Crippen LogP contribution in [0.1, 0.15) is 53.9 Å². The highest BCUT2D eigenvalue weighted by molar-refractivity contribution is 5.04. The van der Waals surface area contributed by atoms with E-state index in [0.29, 0.717) is 23.5 Å². The largest absolute Gasteiger partial charge is 0.381 e. The van der Waals surface area contributed by atoms with Crippen LogP contribution in [-0.4, -0.2) is 38.5 Å². The molecule has 0 aliphatic heterocycles. The third-order valence-corrected chi connectivity index (χ3v) is 4.42. The van der Waals surface area contributed by atoms with E-state index in [4.69, 9.17) is 9.47 Å². The van der Waals surface area contributed by atoms with Crippen molar-refractivity contribution in [3.05, 3.63) is 0 Å². The summed E-state index contributed by atoms with van der Waals surface area (Å²) < 4.78 is 11.4. The summed E-state index contributed by atoms with van der Waals surface area (Å²) in [6.07, 6.45) is 3.88. The standard InChI is InChI=1S/C16H33NO2/c1-6-16(5)14(11-15(16)19-7-2)17-9-8-10-18-12-13(3)4/h13-15,17H,6-12H2,1-5H3. The lowest BCUT2D eigenvalue weighted by Gasteiger charge is -2.53. The van der Waals surface area contributed by atoms with Gasteiger partial charge in [0.05, 0.1) is 6.10 Å². The van der Waals surface area contributed by atoms with Crippen molar-refractivity contribution in [1.82, 2.24) is 5.32 Å². The van der Waals surface area contributed by atoms with Crippen LogP contribution in [0.4, 0.5) is 0 Å². The first-order valence-corrected chi connectivity index (χ1v) is 7.97. The molecule has 0 bridgehead atoms. The van der Waals surface area contributed by atoms with Gasteiger partial charge in [-0.15, -0.1) is 0 Å². The van der Waals surface area contributed by atoms with Gasteiger partial charge in [-0.05, 0) is 38.6 Å². The van der Waals surface area contributed by atoms with Crippen LogP contribution in [0, 0.1) is 11.3 Å². The highest BCUT2D eigenvalue weighted by Crippen LogP contribution is 2.45. The molecule has 1 aliphatic rings. The SMILES string of the molecule is CCOC1CC(NCCCOCC(C)C)C1(C)CC. The molecule has 3 nitrogen and oxygen atoms in total. The Balaban J connectivity index is 2.13. The predicted molar refractivity (Wildman–Crippen MR) is 80.5 cm³/mol. The number of hydrogen-bond donors (Lipinski definition) is 1. The molecule has 3 unspecified atom stereocenters. The summed E-state index contributed by atoms with van der Waals surface area (Å²) in [7, 11) is 0. The van der Waals surface area contributed by atoms with Gasteiger partial charge in [-0.25, -0.2) is 0 Å². The Morgan fingerprint density at radius 2 is 2.05 bits per heavy atom. The Hall–Kier alpha value is -0.120. The van der Waals surface area contributed by atoms with Crippen molar-refractivity contribution in [3.8, 4) is 0 Å². The lowest BCUT2D eigenvalue weighted by atomic mass is 9.61. The lowest BCUT2D eigenvalue weighted by Crippen LogP contribution is -2.62. The van der Waals surface area contributed by atoms with Crippen molar-refractivity contribution in [2.45, 2.75) is 66.0 Å². The highest BCUT2D eigenvalue weighted by Gasteiger charge is 2.50. The summed E-state index contributed by atoms with van der Waals surface area (Å²) in [6, 6.07) is 0.610. The van der Waals surface area contributed by atoms with E-state index in [-0.39, 0.29) is 0 Å². The second kappa shape index (κ2) is 8.23. The molecule has 0 aromatic carbocycles. The molecule has 0 saturated heterocycles. The summed E-state index contributed by atoms with van der Waals surface area (Å²) in [5.41, 5.74) is 0.314. The van der Waals surface area contributed by atoms with Crippen LogP contribution in [0.25, 0.3) is 0 Å². The minimum Gasteiger partial charge on any atom is -0.381 e. The fourth-order valence-electron chi connectivity index (χ4n) is 2.84. The average Bonchev–Trinajstić information content (AvgIpc) is 2.38.